The number of carbonyl (C=O) groups is 2. The predicted octanol–water partition coefficient (Wildman–Crippen LogP) is 6.04. The fraction of sp³-hybridized carbons (Fsp3) is 0.323. The standard InChI is InChI=1S/C31H32N4O3S2/c1-21-12-15-33(16-13-21)26(36)18-34-27(37)20-40-30(23-14-17-39-19-23)28-29(22-6-4-3-5-7-22)32-35(31(28)34)24-8-10-25(38-2)11-9-24/h3-11,14,17,19,21,30H,12-13,15-16,18,20H2,1-2H3/t30-/m1/s1. The number of hydrogen-bond donors (Lipinski definition) is 0. The van der Waals surface area contributed by atoms with E-state index in [2.05, 4.69) is 23.8 Å². The molecule has 0 spiro atoms. The number of nitrogens with zero attached hydrogens (tertiary/aromatic N) is 4. The highest BCUT2D eigenvalue weighted by Crippen LogP contribution is 2.49. The van der Waals surface area contributed by atoms with Crippen molar-refractivity contribution in [3.8, 4) is 22.7 Å². The minimum absolute atomic E-state index is 0.00674. The Balaban J connectivity index is 1.54. The van der Waals surface area contributed by atoms with Gasteiger partial charge in [0.1, 0.15) is 18.1 Å². The van der Waals surface area contributed by atoms with Crippen molar-refractivity contribution in [3.05, 3.63) is 82.6 Å². The summed E-state index contributed by atoms with van der Waals surface area (Å²) in [4.78, 5) is 31.1. The molecule has 2 aliphatic rings. The van der Waals surface area contributed by atoms with E-state index in [1.807, 2.05) is 64.2 Å². The topological polar surface area (TPSA) is 67.7 Å². The van der Waals surface area contributed by atoms with E-state index in [0.717, 1.165) is 59.8 Å². The summed E-state index contributed by atoms with van der Waals surface area (Å²) in [5.41, 5.74) is 4.67. The summed E-state index contributed by atoms with van der Waals surface area (Å²) >= 11 is 3.24. The molecule has 0 N–H and O–H groups in total. The Labute approximate surface area is 242 Å². The summed E-state index contributed by atoms with van der Waals surface area (Å²) in [5.74, 6) is 2.18. The Bertz CT molecular complexity index is 1480. The molecule has 40 heavy (non-hydrogen) atoms. The smallest absolute Gasteiger partial charge is 0.242 e. The largest absolute Gasteiger partial charge is 0.497 e. The maximum atomic E-state index is 13.9. The lowest BCUT2D eigenvalue weighted by molar-refractivity contribution is -0.132. The number of methoxy groups -OCH3 is 1. The summed E-state index contributed by atoms with van der Waals surface area (Å²) < 4.78 is 7.24. The van der Waals surface area contributed by atoms with E-state index in [1.54, 1.807) is 35.1 Å². The minimum Gasteiger partial charge on any atom is -0.497 e. The number of hydrogen-bond acceptors (Lipinski definition) is 6. The number of piperidine rings is 1. The molecule has 4 aromatic rings. The number of likely N-dealkylation sites (tertiary alicyclic amines) is 1. The second kappa shape index (κ2) is 11.5. The fourth-order valence-corrected chi connectivity index (χ4v) is 7.37. The highest BCUT2D eigenvalue weighted by Gasteiger charge is 2.38. The molecule has 0 aliphatic carbocycles. The first-order chi connectivity index (χ1) is 19.5. The van der Waals surface area contributed by atoms with E-state index in [1.165, 1.54) is 0 Å². The summed E-state index contributed by atoms with van der Waals surface area (Å²) in [5, 5.41) is 9.25. The van der Waals surface area contributed by atoms with Crippen LogP contribution in [0.25, 0.3) is 16.9 Å². The Morgan fingerprint density at radius 2 is 1.80 bits per heavy atom. The van der Waals surface area contributed by atoms with Gasteiger partial charge < -0.3 is 9.64 Å². The number of thiophene rings is 1. The first-order valence-electron chi connectivity index (χ1n) is 13.6. The van der Waals surface area contributed by atoms with Gasteiger partial charge in [0.15, 0.2) is 0 Å². The van der Waals surface area contributed by atoms with E-state index >= 15 is 0 Å². The molecule has 4 heterocycles. The number of rotatable bonds is 6. The van der Waals surface area contributed by atoms with Gasteiger partial charge in [-0.1, -0.05) is 37.3 Å². The zero-order valence-electron chi connectivity index (χ0n) is 22.7. The van der Waals surface area contributed by atoms with Gasteiger partial charge in [0.25, 0.3) is 0 Å². The molecule has 2 aliphatic heterocycles. The van der Waals surface area contributed by atoms with Crippen LogP contribution in [0.3, 0.4) is 0 Å². The molecular weight excluding hydrogens is 541 g/mol. The zero-order chi connectivity index (χ0) is 27.6. The molecule has 1 fully saturated rings. The van der Waals surface area contributed by atoms with Crippen molar-refractivity contribution in [2.45, 2.75) is 25.0 Å². The lowest BCUT2D eigenvalue weighted by atomic mass is 9.99. The van der Waals surface area contributed by atoms with Gasteiger partial charge in [-0.2, -0.15) is 16.4 Å². The Hall–Kier alpha value is -3.56. The van der Waals surface area contributed by atoms with Gasteiger partial charge in [-0.15, -0.1) is 11.8 Å². The predicted molar refractivity (Wildman–Crippen MR) is 162 cm³/mol. The third kappa shape index (κ3) is 5.15. The van der Waals surface area contributed by atoms with Gasteiger partial charge in [-0.25, -0.2) is 4.68 Å². The molecule has 0 radical (unpaired) electrons. The SMILES string of the molecule is COc1ccc(-n2nc(-c3ccccc3)c3c2N(CC(=O)N2CCC(C)CC2)C(=O)CS[C@@H]3c2ccsc2)cc1. The van der Waals surface area contributed by atoms with Crippen LogP contribution in [0.5, 0.6) is 5.75 Å². The van der Waals surface area contributed by atoms with Crippen molar-refractivity contribution in [1.29, 1.82) is 0 Å². The van der Waals surface area contributed by atoms with E-state index in [0.29, 0.717) is 11.7 Å². The van der Waals surface area contributed by atoms with Gasteiger partial charge in [-0.3, -0.25) is 14.5 Å². The first kappa shape index (κ1) is 26.7. The van der Waals surface area contributed by atoms with Crippen molar-refractivity contribution in [2.24, 2.45) is 5.92 Å². The second-order valence-corrected chi connectivity index (χ2v) is 12.2. The van der Waals surface area contributed by atoms with Crippen molar-refractivity contribution >= 4 is 40.7 Å². The van der Waals surface area contributed by atoms with Crippen molar-refractivity contribution < 1.29 is 14.3 Å². The Kier molecular flexibility index (Phi) is 7.67. The molecule has 0 bridgehead atoms. The van der Waals surface area contributed by atoms with Gasteiger partial charge in [0.2, 0.25) is 11.8 Å². The van der Waals surface area contributed by atoms with Crippen LogP contribution in [0.1, 0.15) is 36.1 Å². The van der Waals surface area contributed by atoms with Crippen LogP contribution in [-0.2, 0) is 9.59 Å². The van der Waals surface area contributed by atoms with E-state index < -0.39 is 0 Å². The average Bonchev–Trinajstić information content (AvgIpc) is 3.63. The molecule has 7 nitrogen and oxygen atoms in total. The van der Waals surface area contributed by atoms with Crippen molar-refractivity contribution in [3.63, 3.8) is 0 Å². The quantitative estimate of drug-likeness (QED) is 0.282. The van der Waals surface area contributed by atoms with Crippen LogP contribution in [0.15, 0.2) is 71.4 Å². The number of ether oxygens (including phenoxy) is 1. The number of carbonyl (C=O) groups excluding carboxylic acids is 2. The number of thioether (sulfide) groups is 1. The van der Waals surface area contributed by atoms with Crippen molar-refractivity contribution in [2.75, 3.05) is 37.4 Å². The van der Waals surface area contributed by atoms with Crippen LogP contribution in [-0.4, -0.2) is 59.0 Å². The molecule has 1 atom stereocenters. The molecule has 9 heteroatoms. The Morgan fingerprint density at radius 3 is 2.48 bits per heavy atom. The monoisotopic (exact) mass is 572 g/mol. The van der Waals surface area contributed by atoms with Crippen LogP contribution < -0.4 is 9.64 Å². The lowest BCUT2D eigenvalue weighted by Crippen LogP contribution is -2.46. The third-order valence-electron chi connectivity index (χ3n) is 7.73. The van der Waals surface area contributed by atoms with Crippen LogP contribution in [0.2, 0.25) is 0 Å². The van der Waals surface area contributed by atoms with Gasteiger partial charge in [0.05, 0.1) is 29.5 Å². The molecule has 2 aromatic heterocycles. The fourth-order valence-electron chi connectivity index (χ4n) is 5.41. The van der Waals surface area contributed by atoms with E-state index in [4.69, 9.17) is 9.84 Å². The minimum atomic E-state index is -0.108. The number of amides is 2. The lowest BCUT2D eigenvalue weighted by Gasteiger charge is -2.32. The normalized spacial score (nSPS) is 17.9. The summed E-state index contributed by atoms with van der Waals surface area (Å²) in [6.45, 7) is 3.68. The maximum absolute atomic E-state index is 13.9. The molecule has 1 saturated heterocycles. The number of fused-ring (bicyclic) bond motifs is 1. The molecule has 0 saturated carbocycles. The summed E-state index contributed by atoms with van der Waals surface area (Å²) in [7, 11) is 1.64. The Morgan fingerprint density at radius 1 is 1.05 bits per heavy atom. The molecule has 0 unspecified atom stereocenters. The molecular formula is C31H32N4O3S2. The molecule has 206 valence electrons. The molecule has 6 rings (SSSR count). The summed E-state index contributed by atoms with van der Waals surface area (Å²) in [6, 6.07) is 19.9. The molecule has 2 amide bonds. The third-order valence-corrected chi connectivity index (χ3v) is 9.69. The highest BCUT2D eigenvalue weighted by atomic mass is 32.2. The maximum Gasteiger partial charge on any atom is 0.242 e. The number of benzene rings is 2. The second-order valence-electron chi connectivity index (χ2n) is 10.4. The number of anilines is 1. The van der Waals surface area contributed by atoms with E-state index in [9.17, 15) is 9.59 Å². The van der Waals surface area contributed by atoms with Gasteiger partial charge in [-0.05, 0) is 65.4 Å². The van der Waals surface area contributed by atoms with Crippen molar-refractivity contribution in [1.82, 2.24) is 14.7 Å². The van der Waals surface area contributed by atoms with Gasteiger partial charge in [0, 0.05) is 24.2 Å². The first-order valence-corrected chi connectivity index (χ1v) is 15.6. The van der Waals surface area contributed by atoms with Gasteiger partial charge >= 0.3 is 0 Å². The number of aromatic nitrogens is 2. The van der Waals surface area contributed by atoms with Crippen LogP contribution in [0, 0.1) is 5.92 Å². The van der Waals surface area contributed by atoms with Crippen LogP contribution in [0.4, 0.5) is 5.82 Å². The zero-order valence-corrected chi connectivity index (χ0v) is 24.3. The van der Waals surface area contributed by atoms with E-state index in [-0.39, 0.29) is 29.4 Å². The summed E-state index contributed by atoms with van der Waals surface area (Å²) in [6.07, 6.45) is 1.98. The highest BCUT2D eigenvalue weighted by molar-refractivity contribution is 8.00. The molecule has 2 aromatic carbocycles. The van der Waals surface area contributed by atoms with Crippen LogP contribution >= 0.6 is 23.1 Å². The average molecular weight is 573 g/mol.